The van der Waals surface area contributed by atoms with Crippen molar-refractivity contribution in [3.05, 3.63) is 59.0 Å². The van der Waals surface area contributed by atoms with Crippen LogP contribution in [0, 0.1) is 20.8 Å². The second-order valence-electron chi connectivity index (χ2n) is 5.82. The van der Waals surface area contributed by atoms with Crippen molar-refractivity contribution in [2.45, 2.75) is 47.2 Å². The van der Waals surface area contributed by atoms with E-state index in [9.17, 15) is 13.2 Å². The summed E-state index contributed by atoms with van der Waals surface area (Å²) in [5.74, 6) is 1.63. The standard InChI is InChI=1S/C11H13N3.C8H11F3/c1-7-5-4-6-10(8(7)2)11-12-9(3)13-14-11;1-3-4-5-7(2)6-8(9,10)11/h4-6H,1-3H3,(H,12,13,14);3-5H,6H2,1-2H3/b;4-3-,7-5-. The maximum absolute atomic E-state index is 11.7. The number of allylic oxidation sites excluding steroid dienone is 4. The molecular formula is C19H24F3N3. The Morgan fingerprint density at radius 1 is 1.20 bits per heavy atom. The van der Waals surface area contributed by atoms with Crippen molar-refractivity contribution in [3.63, 3.8) is 0 Å². The van der Waals surface area contributed by atoms with Gasteiger partial charge in [0.15, 0.2) is 5.82 Å². The highest BCUT2D eigenvalue weighted by Crippen LogP contribution is 2.24. The molecule has 0 aliphatic carbocycles. The highest BCUT2D eigenvalue weighted by Gasteiger charge is 2.26. The highest BCUT2D eigenvalue weighted by atomic mass is 19.4. The van der Waals surface area contributed by atoms with Crippen LogP contribution in [0.5, 0.6) is 0 Å². The van der Waals surface area contributed by atoms with Crippen molar-refractivity contribution in [1.29, 1.82) is 0 Å². The van der Waals surface area contributed by atoms with E-state index in [-0.39, 0.29) is 0 Å². The van der Waals surface area contributed by atoms with Crippen molar-refractivity contribution in [3.8, 4) is 11.4 Å². The maximum atomic E-state index is 11.7. The van der Waals surface area contributed by atoms with E-state index in [1.54, 1.807) is 19.1 Å². The Balaban J connectivity index is 0.000000260. The normalized spacial score (nSPS) is 12.2. The van der Waals surface area contributed by atoms with Crippen LogP contribution in [0.2, 0.25) is 0 Å². The van der Waals surface area contributed by atoms with E-state index in [4.69, 9.17) is 0 Å². The zero-order chi connectivity index (χ0) is 19.0. The van der Waals surface area contributed by atoms with Crippen LogP contribution in [0.25, 0.3) is 11.4 Å². The summed E-state index contributed by atoms with van der Waals surface area (Å²) in [5.41, 5.74) is 3.95. The molecular weight excluding hydrogens is 327 g/mol. The topological polar surface area (TPSA) is 41.6 Å². The molecule has 136 valence electrons. The third kappa shape index (κ3) is 7.37. The lowest BCUT2D eigenvalue weighted by atomic mass is 10.0. The zero-order valence-corrected chi connectivity index (χ0v) is 15.2. The fraction of sp³-hybridized carbons (Fsp3) is 0.368. The first kappa shape index (κ1) is 20.7. The van der Waals surface area contributed by atoms with Crippen molar-refractivity contribution >= 4 is 0 Å². The molecule has 0 radical (unpaired) electrons. The molecule has 6 heteroatoms. The van der Waals surface area contributed by atoms with Crippen LogP contribution in [0.3, 0.4) is 0 Å². The van der Waals surface area contributed by atoms with E-state index in [0.717, 1.165) is 17.2 Å². The van der Waals surface area contributed by atoms with E-state index >= 15 is 0 Å². The first-order valence-corrected chi connectivity index (χ1v) is 7.95. The molecule has 0 bridgehead atoms. The van der Waals surface area contributed by atoms with E-state index in [2.05, 4.69) is 35.1 Å². The molecule has 0 unspecified atom stereocenters. The van der Waals surface area contributed by atoms with Crippen molar-refractivity contribution in [2.75, 3.05) is 0 Å². The van der Waals surface area contributed by atoms with Gasteiger partial charge in [0.1, 0.15) is 5.82 Å². The molecule has 2 rings (SSSR count). The van der Waals surface area contributed by atoms with Gasteiger partial charge < -0.3 is 0 Å². The van der Waals surface area contributed by atoms with Gasteiger partial charge in [0.2, 0.25) is 0 Å². The Labute approximate surface area is 146 Å². The van der Waals surface area contributed by atoms with E-state index in [1.807, 2.05) is 19.1 Å². The number of aromatic amines is 1. The fourth-order valence-electron chi connectivity index (χ4n) is 2.09. The number of aromatic nitrogens is 3. The second kappa shape index (κ2) is 9.20. The van der Waals surface area contributed by atoms with Gasteiger partial charge in [-0.05, 0) is 45.7 Å². The number of rotatable bonds is 3. The summed E-state index contributed by atoms with van der Waals surface area (Å²) in [7, 11) is 0. The number of benzene rings is 1. The number of aryl methyl sites for hydroxylation is 2. The Bertz CT molecular complexity index is 741. The highest BCUT2D eigenvalue weighted by molar-refractivity contribution is 5.61. The lowest BCUT2D eigenvalue weighted by Gasteiger charge is -2.04. The molecule has 2 aromatic rings. The Kier molecular flexibility index (Phi) is 7.61. The van der Waals surface area contributed by atoms with Crippen LogP contribution >= 0.6 is 0 Å². The number of halogens is 3. The van der Waals surface area contributed by atoms with Gasteiger partial charge in [0.05, 0.1) is 6.42 Å². The van der Waals surface area contributed by atoms with Crippen LogP contribution in [0.4, 0.5) is 13.2 Å². The first-order valence-electron chi connectivity index (χ1n) is 7.95. The first-order chi connectivity index (χ1) is 11.6. The van der Waals surface area contributed by atoms with Gasteiger partial charge in [0.25, 0.3) is 0 Å². The van der Waals surface area contributed by atoms with Crippen molar-refractivity contribution in [1.82, 2.24) is 15.2 Å². The SMILES string of the molecule is C/C=C\C=C(\C)CC(F)(F)F.Cc1nc(-c2cccc(C)c2C)n[nH]1. The summed E-state index contributed by atoms with van der Waals surface area (Å²) >= 11 is 0. The molecule has 25 heavy (non-hydrogen) atoms. The van der Waals surface area contributed by atoms with Crippen LogP contribution in [0.15, 0.2) is 42.0 Å². The molecule has 1 aromatic heterocycles. The predicted octanol–water partition coefficient (Wildman–Crippen LogP) is 5.86. The molecule has 0 spiro atoms. The summed E-state index contributed by atoms with van der Waals surface area (Å²) in [4.78, 5) is 4.32. The van der Waals surface area contributed by atoms with Gasteiger partial charge in [-0.25, -0.2) is 4.98 Å². The Hall–Kier alpha value is -2.37. The number of hydrogen-bond acceptors (Lipinski definition) is 2. The molecule has 0 saturated heterocycles. The summed E-state index contributed by atoms with van der Waals surface area (Å²) in [6, 6.07) is 6.17. The zero-order valence-electron chi connectivity index (χ0n) is 15.2. The fourth-order valence-corrected chi connectivity index (χ4v) is 2.09. The average Bonchev–Trinajstić information content (AvgIpc) is 2.93. The molecule has 1 heterocycles. The molecule has 3 nitrogen and oxygen atoms in total. The van der Waals surface area contributed by atoms with Crippen LogP contribution in [-0.4, -0.2) is 21.4 Å². The third-order valence-electron chi connectivity index (χ3n) is 3.50. The maximum Gasteiger partial charge on any atom is 0.392 e. The summed E-state index contributed by atoms with van der Waals surface area (Å²) in [6.45, 7) is 9.32. The van der Waals surface area contributed by atoms with Crippen LogP contribution < -0.4 is 0 Å². The summed E-state index contributed by atoms with van der Waals surface area (Å²) < 4.78 is 35.0. The van der Waals surface area contributed by atoms with E-state index < -0.39 is 12.6 Å². The van der Waals surface area contributed by atoms with Gasteiger partial charge in [0, 0.05) is 5.56 Å². The van der Waals surface area contributed by atoms with Gasteiger partial charge in [-0.15, -0.1) is 0 Å². The van der Waals surface area contributed by atoms with Crippen LogP contribution in [0.1, 0.15) is 37.2 Å². The lowest BCUT2D eigenvalue weighted by molar-refractivity contribution is -0.127. The minimum Gasteiger partial charge on any atom is -0.263 e. The molecule has 0 saturated carbocycles. The molecule has 0 fully saturated rings. The smallest absolute Gasteiger partial charge is 0.263 e. The van der Waals surface area contributed by atoms with Gasteiger partial charge in [-0.3, -0.25) is 5.10 Å². The van der Waals surface area contributed by atoms with Gasteiger partial charge in [-0.2, -0.15) is 18.3 Å². The van der Waals surface area contributed by atoms with E-state index in [1.165, 1.54) is 24.1 Å². The number of nitrogens with zero attached hydrogens (tertiary/aromatic N) is 2. The minimum atomic E-state index is -4.08. The van der Waals surface area contributed by atoms with Crippen LogP contribution in [-0.2, 0) is 0 Å². The third-order valence-corrected chi connectivity index (χ3v) is 3.50. The van der Waals surface area contributed by atoms with E-state index in [0.29, 0.717) is 5.57 Å². The number of hydrogen-bond donors (Lipinski definition) is 1. The van der Waals surface area contributed by atoms with Gasteiger partial charge >= 0.3 is 6.18 Å². The Morgan fingerprint density at radius 2 is 1.88 bits per heavy atom. The monoisotopic (exact) mass is 351 g/mol. The van der Waals surface area contributed by atoms with Crippen molar-refractivity contribution in [2.24, 2.45) is 0 Å². The molecule has 0 atom stereocenters. The molecule has 0 amide bonds. The minimum absolute atomic E-state index is 0.329. The molecule has 1 aromatic carbocycles. The quantitative estimate of drug-likeness (QED) is 0.704. The summed E-state index contributed by atoms with van der Waals surface area (Å²) in [5, 5.41) is 7.00. The Morgan fingerprint density at radius 3 is 2.40 bits per heavy atom. The summed E-state index contributed by atoms with van der Waals surface area (Å²) in [6.07, 6.45) is -0.145. The molecule has 0 aliphatic rings. The predicted molar refractivity (Wildman–Crippen MR) is 95.3 cm³/mol. The van der Waals surface area contributed by atoms with Gasteiger partial charge in [-0.1, -0.05) is 42.0 Å². The molecule has 1 N–H and O–H groups in total. The number of H-pyrrole nitrogens is 1. The largest absolute Gasteiger partial charge is 0.392 e. The second-order valence-corrected chi connectivity index (χ2v) is 5.82. The number of nitrogens with one attached hydrogen (secondary N) is 1. The molecule has 0 aliphatic heterocycles. The van der Waals surface area contributed by atoms with Crippen molar-refractivity contribution < 1.29 is 13.2 Å². The number of alkyl halides is 3. The lowest BCUT2D eigenvalue weighted by Crippen LogP contribution is -2.06. The average molecular weight is 351 g/mol.